The van der Waals surface area contributed by atoms with E-state index < -0.39 is 0 Å². The number of nitrogens with zero attached hydrogens (tertiary/aromatic N) is 2. The van der Waals surface area contributed by atoms with Gasteiger partial charge >= 0.3 is 0 Å². The highest BCUT2D eigenvalue weighted by Crippen LogP contribution is 2.26. The molecule has 1 aromatic carbocycles. The van der Waals surface area contributed by atoms with Gasteiger partial charge in [-0.2, -0.15) is 0 Å². The highest BCUT2D eigenvalue weighted by Gasteiger charge is 2.28. The van der Waals surface area contributed by atoms with Crippen molar-refractivity contribution in [1.82, 2.24) is 9.80 Å². The molecule has 1 atom stereocenters. The molecule has 0 radical (unpaired) electrons. The first-order valence-corrected chi connectivity index (χ1v) is 8.48. The van der Waals surface area contributed by atoms with Crippen LogP contribution in [0.15, 0.2) is 22.7 Å². The van der Waals surface area contributed by atoms with Gasteiger partial charge in [0.05, 0.1) is 10.6 Å². The fraction of sp³-hybridized carbons (Fsp3) is 0.562. The van der Waals surface area contributed by atoms with Crippen LogP contribution < -0.4 is 0 Å². The molecule has 5 heteroatoms. The number of benzene rings is 1. The Balaban J connectivity index is 2.07. The zero-order valence-corrected chi connectivity index (χ0v) is 15.1. The molecule has 0 aliphatic carbocycles. The molecule has 1 aliphatic rings. The fourth-order valence-corrected chi connectivity index (χ4v) is 3.62. The molecular formula is C16H22BrClN2O. The van der Waals surface area contributed by atoms with Crippen LogP contribution in [0, 0.1) is 5.92 Å². The molecular weight excluding hydrogens is 352 g/mol. The fourth-order valence-electron chi connectivity index (χ4n) is 2.87. The van der Waals surface area contributed by atoms with Crippen LogP contribution in [0.4, 0.5) is 0 Å². The van der Waals surface area contributed by atoms with Gasteiger partial charge in [-0.1, -0.05) is 27.5 Å². The van der Waals surface area contributed by atoms with Crippen molar-refractivity contribution in [3.63, 3.8) is 0 Å². The topological polar surface area (TPSA) is 23.6 Å². The quantitative estimate of drug-likeness (QED) is 0.802. The molecule has 116 valence electrons. The summed E-state index contributed by atoms with van der Waals surface area (Å²) in [7, 11) is 4.03. The van der Waals surface area contributed by atoms with E-state index in [1.54, 1.807) is 12.1 Å². The lowest BCUT2D eigenvalue weighted by atomic mass is 9.89. The molecule has 1 amide bonds. The van der Waals surface area contributed by atoms with E-state index in [1.165, 1.54) is 0 Å². The van der Waals surface area contributed by atoms with Gasteiger partial charge in [-0.25, -0.2) is 0 Å². The Labute approximate surface area is 140 Å². The molecule has 0 saturated carbocycles. The third-order valence-electron chi connectivity index (χ3n) is 4.54. The SMILES string of the molecule is C[C@@H](C1CCN(C)CC1)N(C)C(=O)c1ccc(Br)cc1Cl. The van der Waals surface area contributed by atoms with Crippen LogP contribution in [0.2, 0.25) is 5.02 Å². The Hall–Kier alpha value is -0.580. The molecule has 1 heterocycles. The van der Waals surface area contributed by atoms with Gasteiger partial charge in [0.2, 0.25) is 0 Å². The van der Waals surface area contributed by atoms with E-state index in [4.69, 9.17) is 11.6 Å². The molecule has 1 fully saturated rings. The molecule has 2 rings (SSSR count). The van der Waals surface area contributed by atoms with E-state index in [0.29, 0.717) is 16.5 Å². The predicted molar refractivity (Wildman–Crippen MR) is 90.9 cm³/mol. The summed E-state index contributed by atoms with van der Waals surface area (Å²) in [4.78, 5) is 16.8. The highest BCUT2D eigenvalue weighted by atomic mass is 79.9. The molecule has 0 N–H and O–H groups in total. The first kappa shape index (κ1) is 16.8. The number of hydrogen-bond donors (Lipinski definition) is 0. The molecule has 3 nitrogen and oxygen atoms in total. The minimum absolute atomic E-state index is 0.000993. The molecule has 21 heavy (non-hydrogen) atoms. The second-order valence-electron chi connectivity index (χ2n) is 5.92. The monoisotopic (exact) mass is 372 g/mol. The summed E-state index contributed by atoms with van der Waals surface area (Å²) in [5, 5.41) is 0.497. The van der Waals surface area contributed by atoms with Crippen LogP contribution in [-0.4, -0.2) is 48.9 Å². The number of likely N-dealkylation sites (tertiary alicyclic amines) is 1. The van der Waals surface area contributed by atoms with E-state index in [9.17, 15) is 4.79 Å². The zero-order chi connectivity index (χ0) is 15.6. The predicted octanol–water partition coefficient (Wildman–Crippen LogP) is 3.90. The van der Waals surface area contributed by atoms with Crippen molar-refractivity contribution in [3.05, 3.63) is 33.3 Å². The maximum Gasteiger partial charge on any atom is 0.255 e. The summed E-state index contributed by atoms with van der Waals surface area (Å²) in [6.45, 7) is 4.35. The molecule has 0 spiro atoms. The van der Waals surface area contributed by atoms with Gasteiger partial charge in [-0.15, -0.1) is 0 Å². The van der Waals surface area contributed by atoms with Gasteiger partial charge in [0.1, 0.15) is 0 Å². The smallest absolute Gasteiger partial charge is 0.255 e. The van der Waals surface area contributed by atoms with Gasteiger partial charge in [-0.3, -0.25) is 4.79 Å². The molecule has 1 saturated heterocycles. The van der Waals surface area contributed by atoms with Crippen LogP contribution in [0.25, 0.3) is 0 Å². The number of carbonyl (C=O) groups is 1. The van der Waals surface area contributed by atoms with Crippen molar-refractivity contribution in [2.75, 3.05) is 27.2 Å². The van der Waals surface area contributed by atoms with Crippen LogP contribution in [0.1, 0.15) is 30.1 Å². The average Bonchev–Trinajstić information content (AvgIpc) is 2.46. The third-order valence-corrected chi connectivity index (χ3v) is 5.34. The lowest BCUT2D eigenvalue weighted by Gasteiger charge is -2.37. The van der Waals surface area contributed by atoms with Crippen molar-refractivity contribution in [3.8, 4) is 0 Å². The maximum atomic E-state index is 12.6. The first-order chi connectivity index (χ1) is 9.90. The van der Waals surface area contributed by atoms with Crippen LogP contribution in [0.3, 0.4) is 0 Å². The summed E-state index contributed by atoms with van der Waals surface area (Å²) in [6.07, 6.45) is 2.28. The number of piperidine rings is 1. The molecule has 1 aromatic rings. The van der Waals surface area contributed by atoms with Gasteiger partial charge < -0.3 is 9.80 Å². The number of halogens is 2. The maximum absolute atomic E-state index is 12.6. The van der Waals surface area contributed by atoms with Crippen LogP contribution in [0.5, 0.6) is 0 Å². The Morgan fingerprint density at radius 1 is 1.43 bits per heavy atom. The normalized spacial score (nSPS) is 18.5. The highest BCUT2D eigenvalue weighted by molar-refractivity contribution is 9.10. The van der Waals surface area contributed by atoms with Crippen LogP contribution >= 0.6 is 27.5 Å². The van der Waals surface area contributed by atoms with Crippen molar-refractivity contribution in [1.29, 1.82) is 0 Å². The average molecular weight is 374 g/mol. The Bertz CT molecular complexity index is 515. The lowest BCUT2D eigenvalue weighted by molar-refractivity contribution is 0.0636. The Kier molecular flexibility index (Phi) is 5.69. The van der Waals surface area contributed by atoms with Gasteiger partial charge in [0.25, 0.3) is 5.91 Å². The van der Waals surface area contributed by atoms with E-state index in [0.717, 1.165) is 30.4 Å². The second-order valence-corrected chi connectivity index (χ2v) is 7.24. The van der Waals surface area contributed by atoms with E-state index in [-0.39, 0.29) is 11.9 Å². The van der Waals surface area contributed by atoms with Crippen LogP contribution in [-0.2, 0) is 0 Å². The lowest BCUT2D eigenvalue weighted by Crippen LogP contribution is -2.44. The minimum Gasteiger partial charge on any atom is -0.339 e. The Morgan fingerprint density at radius 2 is 2.05 bits per heavy atom. The van der Waals surface area contributed by atoms with Gasteiger partial charge in [0.15, 0.2) is 0 Å². The van der Waals surface area contributed by atoms with Crippen molar-refractivity contribution in [2.24, 2.45) is 5.92 Å². The van der Waals surface area contributed by atoms with E-state index in [1.807, 2.05) is 18.0 Å². The van der Waals surface area contributed by atoms with Crippen molar-refractivity contribution < 1.29 is 4.79 Å². The summed E-state index contributed by atoms with van der Waals surface area (Å²) in [6, 6.07) is 5.63. The molecule has 0 aromatic heterocycles. The summed E-state index contributed by atoms with van der Waals surface area (Å²) in [5.74, 6) is 0.559. The number of hydrogen-bond acceptors (Lipinski definition) is 2. The van der Waals surface area contributed by atoms with Gasteiger partial charge in [-0.05, 0) is 64.0 Å². The molecule has 1 aliphatic heterocycles. The molecule has 0 bridgehead atoms. The largest absolute Gasteiger partial charge is 0.339 e. The van der Waals surface area contributed by atoms with E-state index in [2.05, 4.69) is 34.8 Å². The Morgan fingerprint density at radius 3 is 2.62 bits per heavy atom. The van der Waals surface area contributed by atoms with E-state index >= 15 is 0 Å². The van der Waals surface area contributed by atoms with Crippen molar-refractivity contribution in [2.45, 2.75) is 25.8 Å². The number of carbonyl (C=O) groups excluding carboxylic acids is 1. The summed E-state index contributed by atoms with van der Waals surface area (Å²) in [5.41, 5.74) is 0.571. The van der Waals surface area contributed by atoms with Crippen molar-refractivity contribution >= 4 is 33.4 Å². The second kappa shape index (κ2) is 7.12. The zero-order valence-electron chi connectivity index (χ0n) is 12.8. The minimum atomic E-state index is -0.000993. The van der Waals surface area contributed by atoms with Gasteiger partial charge in [0, 0.05) is 17.6 Å². The summed E-state index contributed by atoms with van der Waals surface area (Å²) >= 11 is 9.56. The first-order valence-electron chi connectivity index (χ1n) is 7.31. The standard InChI is InChI=1S/C16H22BrClN2O/c1-11(12-6-8-19(2)9-7-12)20(3)16(21)14-5-4-13(17)10-15(14)18/h4-5,10-12H,6-9H2,1-3H3/t11-/m0/s1. The summed E-state index contributed by atoms with van der Waals surface area (Å²) < 4.78 is 0.884. The number of amides is 1. The number of rotatable bonds is 3. The third kappa shape index (κ3) is 3.99. The molecule has 0 unspecified atom stereocenters.